The lowest BCUT2D eigenvalue weighted by atomic mass is 9.96. The van der Waals surface area contributed by atoms with Gasteiger partial charge in [-0.1, -0.05) is 12.1 Å². The number of likely N-dealkylation sites (tertiary alicyclic amines) is 1. The Morgan fingerprint density at radius 2 is 2.11 bits per heavy atom. The molecule has 3 heterocycles. The first kappa shape index (κ1) is 17.4. The molecule has 4 rings (SSSR count). The number of hydrogen-bond acceptors (Lipinski definition) is 6. The average Bonchev–Trinajstić information content (AvgIpc) is 3.42. The molecule has 1 saturated heterocycles. The Hall–Kier alpha value is -3.00. The van der Waals surface area contributed by atoms with Gasteiger partial charge in [0.05, 0.1) is 23.3 Å². The molecule has 0 spiro atoms. The van der Waals surface area contributed by atoms with E-state index in [1.165, 1.54) is 12.6 Å². The number of aromatic nitrogens is 2. The van der Waals surface area contributed by atoms with Gasteiger partial charge >= 0.3 is 0 Å². The lowest BCUT2D eigenvalue weighted by Gasteiger charge is -2.31. The molecule has 8 heteroatoms. The lowest BCUT2D eigenvalue weighted by molar-refractivity contribution is -0.121. The Labute approximate surface area is 160 Å². The summed E-state index contributed by atoms with van der Waals surface area (Å²) in [6, 6.07) is 7.61. The number of anilines is 1. The van der Waals surface area contributed by atoms with Crippen molar-refractivity contribution in [2.24, 2.45) is 5.92 Å². The van der Waals surface area contributed by atoms with Crippen molar-refractivity contribution in [2.45, 2.75) is 12.8 Å². The fourth-order valence-corrected chi connectivity index (χ4v) is 3.74. The van der Waals surface area contributed by atoms with Crippen molar-refractivity contribution in [2.75, 3.05) is 18.4 Å². The predicted octanol–water partition coefficient (Wildman–Crippen LogP) is 3.29. The number of benzene rings is 1. The summed E-state index contributed by atoms with van der Waals surface area (Å²) in [6.45, 7) is 0.994. The van der Waals surface area contributed by atoms with E-state index in [2.05, 4.69) is 15.3 Å². The molecule has 2 aromatic heterocycles. The molecule has 1 aliphatic heterocycles. The largest absolute Gasteiger partial charge is 0.438 e. The maximum Gasteiger partial charge on any atom is 0.291 e. The molecule has 1 N–H and O–H groups in total. The number of oxazole rings is 1. The molecule has 1 unspecified atom stereocenters. The minimum absolute atomic E-state index is 0.0773. The molecule has 1 aliphatic rings. The van der Waals surface area contributed by atoms with Gasteiger partial charge in [-0.05, 0) is 25.0 Å². The van der Waals surface area contributed by atoms with Crippen LogP contribution >= 0.6 is 11.3 Å². The number of thiazole rings is 1. The van der Waals surface area contributed by atoms with E-state index in [0.717, 1.165) is 29.8 Å². The van der Waals surface area contributed by atoms with Gasteiger partial charge in [0, 0.05) is 29.7 Å². The summed E-state index contributed by atoms with van der Waals surface area (Å²) in [5.41, 5.74) is 4.46. The molecule has 0 radical (unpaired) electrons. The summed E-state index contributed by atoms with van der Waals surface area (Å²) >= 11 is 1.55. The highest BCUT2D eigenvalue weighted by Crippen LogP contribution is 2.23. The van der Waals surface area contributed by atoms with Crippen molar-refractivity contribution in [3.05, 3.63) is 53.5 Å². The summed E-state index contributed by atoms with van der Waals surface area (Å²) in [6.07, 6.45) is 4.16. The first-order chi connectivity index (χ1) is 13.2. The number of piperidine rings is 1. The van der Waals surface area contributed by atoms with E-state index in [9.17, 15) is 9.59 Å². The minimum atomic E-state index is -0.246. The second kappa shape index (κ2) is 7.71. The first-order valence-electron chi connectivity index (χ1n) is 8.68. The maximum atomic E-state index is 12.6. The van der Waals surface area contributed by atoms with Crippen LogP contribution in [0.5, 0.6) is 0 Å². The molecule has 0 bridgehead atoms. The summed E-state index contributed by atoms with van der Waals surface area (Å²) in [4.78, 5) is 34.7. The third-order valence-corrected chi connectivity index (χ3v) is 5.19. The van der Waals surface area contributed by atoms with Gasteiger partial charge in [0.2, 0.25) is 11.7 Å². The molecule has 3 aromatic rings. The monoisotopic (exact) mass is 382 g/mol. The molecule has 2 amide bonds. The Morgan fingerprint density at radius 3 is 2.81 bits per heavy atom. The third-order valence-electron chi connectivity index (χ3n) is 4.60. The Bertz CT molecular complexity index is 907. The zero-order valence-corrected chi connectivity index (χ0v) is 15.3. The van der Waals surface area contributed by atoms with Crippen molar-refractivity contribution in [3.63, 3.8) is 0 Å². The number of hydrogen-bond donors (Lipinski definition) is 1. The van der Waals surface area contributed by atoms with E-state index >= 15 is 0 Å². The Kier molecular flexibility index (Phi) is 4.97. The van der Waals surface area contributed by atoms with Crippen LogP contribution in [0.25, 0.3) is 11.3 Å². The van der Waals surface area contributed by atoms with E-state index in [1.807, 2.05) is 29.6 Å². The number of nitrogens with one attached hydrogen (secondary N) is 1. The van der Waals surface area contributed by atoms with Crippen LogP contribution in [0.1, 0.15) is 23.4 Å². The topological polar surface area (TPSA) is 88.3 Å². The molecule has 1 aromatic carbocycles. The van der Waals surface area contributed by atoms with Crippen molar-refractivity contribution < 1.29 is 14.0 Å². The van der Waals surface area contributed by atoms with Crippen LogP contribution in [0, 0.1) is 5.92 Å². The van der Waals surface area contributed by atoms with Gasteiger partial charge in [0.15, 0.2) is 6.39 Å². The summed E-state index contributed by atoms with van der Waals surface area (Å²) < 4.78 is 5.07. The van der Waals surface area contributed by atoms with Gasteiger partial charge in [0.25, 0.3) is 5.91 Å². The highest BCUT2D eigenvalue weighted by atomic mass is 32.1. The van der Waals surface area contributed by atoms with Crippen LogP contribution in [0.15, 0.2) is 52.2 Å². The smallest absolute Gasteiger partial charge is 0.291 e. The van der Waals surface area contributed by atoms with Crippen LogP contribution < -0.4 is 5.32 Å². The molecule has 27 heavy (non-hydrogen) atoms. The number of carbonyl (C=O) groups excluding carboxylic acids is 2. The van der Waals surface area contributed by atoms with E-state index in [0.29, 0.717) is 13.1 Å². The van der Waals surface area contributed by atoms with Crippen LogP contribution in [0.2, 0.25) is 0 Å². The lowest BCUT2D eigenvalue weighted by Crippen LogP contribution is -2.43. The second-order valence-electron chi connectivity index (χ2n) is 6.40. The number of amides is 2. The van der Waals surface area contributed by atoms with Crippen molar-refractivity contribution in [1.82, 2.24) is 14.9 Å². The highest BCUT2D eigenvalue weighted by molar-refractivity contribution is 7.07. The van der Waals surface area contributed by atoms with Crippen LogP contribution in [-0.2, 0) is 4.79 Å². The molecule has 138 valence electrons. The summed E-state index contributed by atoms with van der Waals surface area (Å²) in [7, 11) is 0. The fourth-order valence-electron chi connectivity index (χ4n) is 3.18. The molecule has 1 fully saturated rings. The molecule has 0 aliphatic carbocycles. The molecule has 0 saturated carbocycles. The van der Waals surface area contributed by atoms with Gasteiger partial charge in [-0.3, -0.25) is 9.59 Å². The van der Waals surface area contributed by atoms with Gasteiger partial charge in [-0.2, -0.15) is 0 Å². The van der Waals surface area contributed by atoms with Crippen LogP contribution in [0.3, 0.4) is 0 Å². The maximum absolute atomic E-state index is 12.6. The van der Waals surface area contributed by atoms with E-state index < -0.39 is 0 Å². The predicted molar refractivity (Wildman–Crippen MR) is 101 cm³/mol. The molecular weight excluding hydrogens is 364 g/mol. The van der Waals surface area contributed by atoms with Gasteiger partial charge < -0.3 is 14.6 Å². The van der Waals surface area contributed by atoms with Crippen molar-refractivity contribution >= 4 is 28.8 Å². The number of rotatable bonds is 4. The molecule has 7 nitrogen and oxygen atoms in total. The zero-order valence-electron chi connectivity index (χ0n) is 14.5. The first-order valence-corrected chi connectivity index (χ1v) is 9.62. The molecule has 1 atom stereocenters. The van der Waals surface area contributed by atoms with Crippen molar-refractivity contribution in [1.29, 1.82) is 0 Å². The Morgan fingerprint density at radius 1 is 1.26 bits per heavy atom. The normalized spacial score (nSPS) is 16.9. The quantitative estimate of drug-likeness (QED) is 0.748. The van der Waals surface area contributed by atoms with Gasteiger partial charge in [0.1, 0.15) is 0 Å². The SMILES string of the molecule is O=C(Nc1ccc(-c2cscn2)cc1)C1CCCN(C(=O)c2cnco2)C1. The third kappa shape index (κ3) is 3.90. The summed E-state index contributed by atoms with van der Waals surface area (Å²) in [5, 5.41) is 4.93. The van der Waals surface area contributed by atoms with Crippen LogP contribution in [0.4, 0.5) is 5.69 Å². The Balaban J connectivity index is 1.38. The van der Waals surface area contributed by atoms with E-state index in [1.54, 1.807) is 21.7 Å². The van der Waals surface area contributed by atoms with Gasteiger partial charge in [-0.25, -0.2) is 9.97 Å². The van der Waals surface area contributed by atoms with E-state index in [-0.39, 0.29) is 23.5 Å². The fraction of sp³-hybridized carbons (Fsp3) is 0.263. The van der Waals surface area contributed by atoms with Crippen molar-refractivity contribution in [3.8, 4) is 11.3 Å². The standard InChI is InChI=1S/C19H18N4O3S/c24-18(22-15-5-3-13(4-6-15)16-10-27-12-21-16)14-2-1-7-23(9-14)19(25)17-8-20-11-26-17/h3-6,8,10-12,14H,1-2,7,9H2,(H,22,24). The van der Waals surface area contributed by atoms with Gasteiger partial charge in [-0.15, -0.1) is 11.3 Å². The number of carbonyl (C=O) groups is 2. The second-order valence-corrected chi connectivity index (χ2v) is 7.11. The van der Waals surface area contributed by atoms with Crippen LogP contribution in [-0.4, -0.2) is 39.8 Å². The number of nitrogens with zero attached hydrogens (tertiary/aromatic N) is 3. The minimum Gasteiger partial charge on any atom is -0.438 e. The highest BCUT2D eigenvalue weighted by Gasteiger charge is 2.30. The zero-order chi connectivity index (χ0) is 18.6. The average molecular weight is 382 g/mol. The summed E-state index contributed by atoms with van der Waals surface area (Å²) in [5.74, 6) is -0.346. The van der Waals surface area contributed by atoms with E-state index in [4.69, 9.17) is 4.42 Å². The molecular formula is C19H18N4O3S.